The van der Waals surface area contributed by atoms with Crippen LogP contribution in [0.3, 0.4) is 0 Å². The van der Waals surface area contributed by atoms with Crippen LogP contribution in [-0.4, -0.2) is 35.6 Å². The van der Waals surface area contributed by atoms with Crippen LogP contribution in [0.15, 0.2) is 30.7 Å². The number of halogens is 2. The molecule has 0 radical (unpaired) electrons. The van der Waals surface area contributed by atoms with E-state index in [1.807, 2.05) is 0 Å². The molecule has 0 unspecified atom stereocenters. The summed E-state index contributed by atoms with van der Waals surface area (Å²) in [6.07, 6.45) is 3.62. The fourth-order valence-corrected chi connectivity index (χ4v) is 3.67. The number of carbonyl (C=O) groups excluding carboxylic acids is 1. The van der Waals surface area contributed by atoms with Gasteiger partial charge in [0.05, 0.1) is 35.3 Å². The number of nitrogens with zero attached hydrogens (tertiary/aromatic N) is 6. The minimum atomic E-state index is -0.883. The molecule has 5 heterocycles. The van der Waals surface area contributed by atoms with E-state index in [-0.39, 0.29) is 35.6 Å². The second-order valence-electron chi connectivity index (χ2n) is 7.73. The number of amides is 1. The van der Waals surface area contributed by atoms with Crippen molar-refractivity contribution in [3.63, 3.8) is 0 Å². The van der Waals surface area contributed by atoms with E-state index in [1.165, 1.54) is 23.0 Å². The van der Waals surface area contributed by atoms with E-state index in [1.54, 1.807) is 13.8 Å². The number of pyridine rings is 2. The number of carbonyl (C=O) groups is 1. The van der Waals surface area contributed by atoms with Crippen LogP contribution < -0.4 is 11.1 Å². The Hall–Kier alpha value is -4.02. The van der Waals surface area contributed by atoms with Crippen molar-refractivity contribution in [3.05, 3.63) is 53.5 Å². The summed E-state index contributed by atoms with van der Waals surface area (Å²) in [6, 6.07) is 2.77. The van der Waals surface area contributed by atoms with Crippen LogP contribution in [0.2, 0.25) is 0 Å². The molecule has 0 saturated heterocycles. The normalized spacial score (nSPS) is 14.6. The van der Waals surface area contributed by atoms with Crippen LogP contribution >= 0.6 is 0 Å². The lowest BCUT2D eigenvalue weighted by molar-refractivity contribution is -0.119. The third kappa shape index (κ3) is 2.88. The topological polar surface area (TPSA) is 124 Å². The van der Waals surface area contributed by atoms with Crippen molar-refractivity contribution in [1.29, 1.82) is 0 Å². The molecule has 0 aromatic carbocycles. The summed E-state index contributed by atoms with van der Waals surface area (Å²) in [4.78, 5) is 28.9. The number of rotatable bonds is 3. The fourth-order valence-electron chi connectivity index (χ4n) is 3.67. The third-order valence-corrected chi connectivity index (χ3v) is 5.30. The van der Waals surface area contributed by atoms with E-state index in [9.17, 15) is 13.6 Å². The van der Waals surface area contributed by atoms with Gasteiger partial charge in [0.25, 0.3) is 0 Å². The van der Waals surface area contributed by atoms with E-state index >= 15 is 0 Å². The molecule has 5 rings (SSSR count). The van der Waals surface area contributed by atoms with Crippen molar-refractivity contribution in [3.8, 4) is 11.5 Å². The zero-order chi connectivity index (χ0) is 21.9. The first-order valence-corrected chi connectivity index (χ1v) is 9.36. The Bertz CT molecular complexity index is 1380. The number of hydrogen-bond donors (Lipinski definition) is 2. The van der Waals surface area contributed by atoms with Crippen molar-refractivity contribution >= 4 is 28.6 Å². The van der Waals surface area contributed by atoms with Crippen LogP contribution in [-0.2, 0) is 16.8 Å². The Morgan fingerprint density at radius 3 is 2.81 bits per heavy atom. The Morgan fingerprint density at radius 2 is 2.03 bits per heavy atom. The Kier molecular flexibility index (Phi) is 3.97. The maximum absolute atomic E-state index is 14.1. The zero-order valence-corrected chi connectivity index (χ0v) is 16.5. The number of nitrogens with two attached hydrogens (primary N) is 1. The van der Waals surface area contributed by atoms with Crippen LogP contribution in [0.1, 0.15) is 25.0 Å². The highest BCUT2D eigenvalue weighted by atomic mass is 19.1. The molecule has 156 valence electrons. The second kappa shape index (κ2) is 6.49. The third-order valence-electron chi connectivity index (χ3n) is 5.30. The number of fused-ring (bicyclic) bond motifs is 2. The molecule has 0 spiro atoms. The van der Waals surface area contributed by atoms with Gasteiger partial charge < -0.3 is 11.1 Å². The zero-order valence-electron chi connectivity index (χ0n) is 16.5. The SMILES string of the molecule is CC1(C)C(=O)Nc2nc(-c3nn(Cc4ccncc4F)c4ncc(F)cc34)nc(N)c21. The van der Waals surface area contributed by atoms with Crippen molar-refractivity contribution in [2.75, 3.05) is 11.1 Å². The van der Waals surface area contributed by atoms with E-state index in [2.05, 4.69) is 30.4 Å². The molecule has 0 fully saturated rings. The number of aromatic nitrogens is 6. The van der Waals surface area contributed by atoms with Gasteiger partial charge in [-0.15, -0.1) is 0 Å². The Morgan fingerprint density at radius 1 is 1.23 bits per heavy atom. The molecular weight excluding hydrogens is 406 g/mol. The largest absolute Gasteiger partial charge is 0.383 e. The molecule has 31 heavy (non-hydrogen) atoms. The molecule has 3 N–H and O–H groups in total. The van der Waals surface area contributed by atoms with Gasteiger partial charge in [-0.1, -0.05) is 0 Å². The van der Waals surface area contributed by atoms with E-state index in [0.29, 0.717) is 22.2 Å². The molecule has 0 aliphatic carbocycles. The number of nitrogen functional groups attached to an aromatic ring is 1. The number of anilines is 2. The molecule has 1 amide bonds. The molecule has 4 aromatic heterocycles. The summed E-state index contributed by atoms with van der Waals surface area (Å²) >= 11 is 0. The molecule has 4 aromatic rings. The van der Waals surface area contributed by atoms with E-state index in [4.69, 9.17) is 5.73 Å². The van der Waals surface area contributed by atoms with Gasteiger partial charge in [0, 0.05) is 11.8 Å². The minimum Gasteiger partial charge on any atom is -0.383 e. The summed E-state index contributed by atoms with van der Waals surface area (Å²) in [5.41, 5.74) is 6.62. The van der Waals surface area contributed by atoms with Crippen LogP contribution in [0.4, 0.5) is 20.4 Å². The van der Waals surface area contributed by atoms with Crippen molar-refractivity contribution < 1.29 is 13.6 Å². The lowest BCUT2D eigenvalue weighted by Crippen LogP contribution is -2.27. The summed E-state index contributed by atoms with van der Waals surface area (Å²) in [7, 11) is 0. The smallest absolute Gasteiger partial charge is 0.235 e. The van der Waals surface area contributed by atoms with Gasteiger partial charge in [-0.05, 0) is 26.0 Å². The maximum Gasteiger partial charge on any atom is 0.235 e. The molecular formula is C20H16F2N8O. The van der Waals surface area contributed by atoms with Gasteiger partial charge in [0.15, 0.2) is 11.5 Å². The van der Waals surface area contributed by atoms with Gasteiger partial charge in [-0.2, -0.15) is 5.10 Å². The van der Waals surface area contributed by atoms with Gasteiger partial charge >= 0.3 is 0 Å². The molecule has 1 aliphatic heterocycles. The summed E-state index contributed by atoms with van der Waals surface area (Å²) in [5, 5.41) is 7.50. The predicted molar refractivity (Wildman–Crippen MR) is 108 cm³/mol. The summed E-state index contributed by atoms with van der Waals surface area (Å²) in [6.45, 7) is 3.48. The predicted octanol–water partition coefficient (Wildman–Crippen LogP) is 2.42. The first-order chi connectivity index (χ1) is 14.8. The van der Waals surface area contributed by atoms with Crippen molar-refractivity contribution in [2.45, 2.75) is 25.8 Å². The molecule has 1 aliphatic rings. The van der Waals surface area contributed by atoms with Gasteiger partial charge in [-0.3, -0.25) is 9.78 Å². The number of nitrogens with one attached hydrogen (secondary N) is 1. The van der Waals surface area contributed by atoms with E-state index in [0.717, 1.165) is 12.4 Å². The average Bonchev–Trinajstić information content (AvgIpc) is 3.17. The van der Waals surface area contributed by atoms with Gasteiger partial charge in [-0.25, -0.2) is 28.4 Å². The van der Waals surface area contributed by atoms with Crippen molar-refractivity contribution in [1.82, 2.24) is 29.7 Å². The second-order valence-corrected chi connectivity index (χ2v) is 7.73. The Balaban J connectivity index is 1.69. The molecule has 0 saturated carbocycles. The monoisotopic (exact) mass is 422 g/mol. The van der Waals surface area contributed by atoms with Crippen molar-refractivity contribution in [2.24, 2.45) is 0 Å². The van der Waals surface area contributed by atoms with Crippen LogP contribution in [0, 0.1) is 11.6 Å². The highest BCUT2D eigenvalue weighted by molar-refractivity contribution is 6.06. The fraction of sp³-hybridized carbons (Fsp3) is 0.200. The highest BCUT2D eigenvalue weighted by Gasteiger charge is 2.42. The van der Waals surface area contributed by atoms with Crippen LogP contribution in [0.5, 0.6) is 0 Å². The summed E-state index contributed by atoms with van der Waals surface area (Å²) < 4.78 is 29.5. The molecule has 9 nitrogen and oxygen atoms in total. The lowest BCUT2D eigenvalue weighted by Gasteiger charge is -2.15. The Labute approximate surface area is 174 Å². The molecule has 0 bridgehead atoms. The van der Waals surface area contributed by atoms with E-state index < -0.39 is 17.0 Å². The molecule has 11 heteroatoms. The number of hydrogen-bond acceptors (Lipinski definition) is 7. The van der Waals surface area contributed by atoms with Crippen LogP contribution in [0.25, 0.3) is 22.6 Å². The average molecular weight is 422 g/mol. The highest BCUT2D eigenvalue weighted by Crippen LogP contribution is 2.40. The minimum absolute atomic E-state index is 0.0354. The molecule has 0 atom stereocenters. The summed E-state index contributed by atoms with van der Waals surface area (Å²) in [5.74, 6) is -0.831. The maximum atomic E-state index is 14.1. The quantitative estimate of drug-likeness (QED) is 0.519. The standard InChI is InChI=1S/C20H16F2N8O/c1-20(2)13-15(23)26-17(27-16(13)28-19(20)31)14-11-5-10(21)6-25-18(11)30(29-14)8-9-3-4-24-7-12(9)22/h3-7H,8H2,1-2H3,(H3,23,26,27,28,31). The van der Waals surface area contributed by atoms with Gasteiger partial charge in [0.1, 0.15) is 29.0 Å². The lowest BCUT2D eigenvalue weighted by atomic mass is 9.87. The first kappa shape index (κ1) is 19.0. The first-order valence-electron chi connectivity index (χ1n) is 9.36. The van der Waals surface area contributed by atoms with Gasteiger partial charge in [0.2, 0.25) is 5.91 Å².